The van der Waals surface area contributed by atoms with Crippen molar-refractivity contribution in [2.75, 3.05) is 0 Å². The van der Waals surface area contributed by atoms with Gasteiger partial charge in [-0.25, -0.2) is 0 Å². The van der Waals surface area contributed by atoms with Crippen molar-refractivity contribution in [2.45, 2.75) is 83.1 Å². The zero-order valence-electron chi connectivity index (χ0n) is 16.4. The van der Waals surface area contributed by atoms with Crippen LogP contribution in [0.25, 0.3) is 0 Å². The number of benzene rings is 1. The average Bonchev–Trinajstić information content (AvgIpc) is 2.62. The van der Waals surface area contributed by atoms with E-state index in [0.717, 1.165) is 10.0 Å². The molecule has 0 aliphatic heterocycles. The van der Waals surface area contributed by atoms with Gasteiger partial charge in [-0.15, -0.1) is 0 Å². The fourth-order valence-corrected chi connectivity index (χ4v) is 19.3. The van der Waals surface area contributed by atoms with E-state index in [2.05, 4.69) is 42.8 Å². The molecule has 0 radical (unpaired) electrons. The molecule has 0 bridgehead atoms. The van der Waals surface area contributed by atoms with Gasteiger partial charge in [0.15, 0.2) is 0 Å². The summed E-state index contributed by atoms with van der Waals surface area (Å²) in [6.45, 7) is 6.97. The maximum absolute atomic E-state index is 10.5. The summed E-state index contributed by atoms with van der Waals surface area (Å²) in [5.74, 6) is 0. The zero-order chi connectivity index (χ0) is 18.5. The number of allylic oxidation sites excluding steroid dienone is 1. The molecule has 142 valence electrons. The Labute approximate surface area is 168 Å². The molecule has 1 atom stereocenters. The van der Waals surface area contributed by atoms with Crippen molar-refractivity contribution < 1.29 is 5.11 Å². The van der Waals surface area contributed by atoms with Crippen LogP contribution in [0.5, 0.6) is 0 Å². The van der Waals surface area contributed by atoms with E-state index in [9.17, 15) is 5.11 Å². The van der Waals surface area contributed by atoms with Crippen LogP contribution in [-0.2, 0) is 0 Å². The quantitative estimate of drug-likeness (QED) is 0.209. The second-order valence-electron chi connectivity index (χ2n) is 7.41. The van der Waals surface area contributed by atoms with Gasteiger partial charge in [-0.2, -0.15) is 0 Å². The van der Waals surface area contributed by atoms with E-state index in [-0.39, 0.29) is 0 Å². The third-order valence-corrected chi connectivity index (χ3v) is 21.3. The minimum absolute atomic E-state index is 0.497. The Kier molecular flexibility index (Phi) is 12.4. The summed E-state index contributed by atoms with van der Waals surface area (Å²) in [6.07, 6.45) is 12.1. The number of hydrogen-bond donors (Lipinski definition) is 1. The Balaban J connectivity index is 2.81. The van der Waals surface area contributed by atoms with Crippen LogP contribution in [-0.4, -0.2) is 23.5 Å². The van der Waals surface area contributed by atoms with Crippen LogP contribution in [0, 0.1) is 0 Å². The van der Waals surface area contributed by atoms with Crippen molar-refractivity contribution in [3.8, 4) is 0 Å². The van der Waals surface area contributed by atoms with Crippen molar-refractivity contribution >= 4 is 34.3 Å². The SMILES string of the molecule is CCC[CH2][Sn]([CH2]/C=C\C(O)c1ccccc1Br)([CH2]CCC)[CH2]CCC. The van der Waals surface area contributed by atoms with E-state index in [1.807, 2.05) is 30.3 Å². The van der Waals surface area contributed by atoms with Gasteiger partial charge in [0.05, 0.1) is 0 Å². The van der Waals surface area contributed by atoms with E-state index < -0.39 is 24.5 Å². The molecule has 0 aliphatic carbocycles. The van der Waals surface area contributed by atoms with E-state index in [0.29, 0.717) is 0 Å². The molecule has 0 saturated carbocycles. The van der Waals surface area contributed by atoms with Crippen LogP contribution >= 0.6 is 15.9 Å². The Morgan fingerprint density at radius 1 is 0.960 bits per heavy atom. The first-order chi connectivity index (χ1) is 12.1. The number of aliphatic hydroxyl groups is 1. The molecule has 1 N–H and O–H groups in total. The summed E-state index contributed by atoms with van der Waals surface area (Å²) in [4.78, 5) is 0. The van der Waals surface area contributed by atoms with Crippen LogP contribution in [0.4, 0.5) is 0 Å². The third kappa shape index (κ3) is 8.62. The van der Waals surface area contributed by atoms with Gasteiger partial charge in [-0.1, -0.05) is 0 Å². The number of hydrogen-bond acceptors (Lipinski definition) is 1. The van der Waals surface area contributed by atoms with Crippen LogP contribution in [0.1, 0.15) is 71.0 Å². The van der Waals surface area contributed by atoms with Gasteiger partial charge in [0, 0.05) is 0 Å². The van der Waals surface area contributed by atoms with Crippen molar-refractivity contribution in [1.82, 2.24) is 0 Å². The molecule has 0 aliphatic rings. The predicted molar refractivity (Wildman–Crippen MR) is 118 cm³/mol. The average molecular weight is 516 g/mol. The van der Waals surface area contributed by atoms with Gasteiger partial charge in [0.2, 0.25) is 0 Å². The molecule has 0 aromatic heterocycles. The van der Waals surface area contributed by atoms with Crippen LogP contribution < -0.4 is 0 Å². The van der Waals surface area contributed by atoms with Gasteiger partial charge in [0.1, 0.15) is 0 Å². The number of unbranched alkanes of at least 4 members (excludes halogenated alkanes) is 3. The molecule has 0 spiro atoms. The summed E-state index contributed by atoms with van der Waals surface area (Å²) in [7, 11) is 0. The van der Waals surface area contributed by atoms with E-state index in [4.69, 9.17) is 0 Å². The summed E-state index contributed by atoms with van der Waals surface area (Å²) >= 11 is 1.44. The number of rotatable bonds is 13. The fourth-order valence-electron chi connectivity index (χ4n) is 3.60. The second kappa shape index (κ2) is 13.4. The Hall–Kier alpha value is 0.199. The summed E-state index contributed by atoms with van der Waals surface area (Å²) in [5, 5.41) is 10.5. The van der Waals surface area contributed by atoms with Crippen molar-refractivity contribution in [1.29, 1.82) is 0 Å². The monoisotopic (exact) mass is 516 g/mol. The van der Waals surface area contributed by atoms with Crippen molar-refractivity contribution in [3.63, 3.8) is 0 Å². The zero-order valence-corrected chi connectivity index (χ0v) is 20.9. The van der Waals surface area contributed by atoms with Crippen molar-refractivity contribution in [2.24, 2.45) is 0 Å². The van der Waals surface area contributed by atoms with Gasteiger partial charge in [-0.05, 0) is 0 Å². The Morgan fingerprint density at radius 3 is 1.96 bits per heavy atom. The van der Waals surface area contributed by atoms with Gasteiger partial charge in [-0.3, -0.25) is 0 Å². The first kappa shape index (κ1) is 23.2. The molecule has 0 saturated heterocycles. The van der Waals surface area contributed by atoms with E-state index in [1.165, 1.54) is 56.3 Å². The fraction of sp³-hybridized carbons (Fsp3) is 0.636. The second-order valence-corrected chi connectivity index (χ2v) is 22.3. The number of halogens is 1. The molecule has 0 fully saturated rings. The van der Waals surface area contributed by atoms with E-state index in [1.54, 1.807) is 0 Å². The molecule has 3 heteroatoms. The molecule has 0 heterocycles. The molecule has 0 amide bonds. The predicted octanol–water partition coefficient (Wildman–Crippen LogP) is 7.89. The van der Waals surface area contributed by atoms with Gasteiger partial charge < -0.3 is 0 Å². The third-order valence-electron chi connectivity index (χ3n) is 5.28. The molecule has 25 heavy (non-hydrogen) atoms. The molecule has 1 aromatic rings. The van der Waals surface area contributed by atoms with Gasteiger partial charge >= 0.3 is 169 Å². The normalized spacial score (nSPS) is 13.5. The Morgan fingerprint density at radius 2 is 1.48 bits per heavy atom. The molecular weight excluding hydrogens is 479 g/mol. The summed E-state index contributed by atoms with van der Waals surface area (Å²) in [6, 6.07) is 7.98. The first-order valence-electron chi connectivity index (χ1n) is 10.2. The molecular formula is C22H37BrOSn. The maximum atomic E-state index is 10.5. The summed E-state index contributed by atoms with van der Waals surface area (Å²) in [5.41, 5.74) is 0.968. The summed E-state index contributed by atoms with van der Waals surface area (Å²) < 4.78 is 6.88. The van der Waals surface area contributed by atoms with Crippen LogP contribution in [0.15, 0.2) is 40.9 Å². The minimum atomic E-state index is -2.11. The van der Waals surface area contributed by atoms with E-state index >= 15 is 0 Å². The Bertz CT molecular complexity index is 479. The topological polar surface area (TPSA) is 20.2 Å². The molecule has 1 unspecified atom stereocenters. The molecule has 1 rings (SSSR count). The van der Waals surface area contributed by atoms with Gasteiger partial charge in [0.25, 0.3) is 0 Å². The van der Waals surface area contributed by atoms with Crippen molar-refractivity contribution in [3.05, 3.63) is 46.5 Å². The number of aliphatic hydroxyl groups excluding tert-OH is 1. The van der Waals surface area contributed by atoms with Crippen LogP contribution in [0.2, 0.25) is 17.7 Å². The first-order valence-corrected chi connectivity index (χ1v) is 19.0. The standard InChI is InChI=1S/C10H10BrO.3C4H9.Sn/c1-2-5-10(12)8-6-3-4-7-9(8)11;3*1-3-4-2;/h2-7,10,12H,1H2;3*1,3-4H2,2H3;/b5-2-;;;;. The molecule has 1 aromatic carbocycles. The molecule has 1 nitrogen and oxygen atoms in total. The van der Waals surface area contributed by atoms with Crippen LogP contribution in [0.3, 0.4) is 0 Å².